The fourth-order valence-corrected chi connectivity index (χ4v) is 3.40. The van der Waals surface area contributed by atoms with Gasteiger partial charge in [-0.05, 0) is 36.5 Å². The second-order valence-electron chi connectivity index (χ2n) is 8.19. The highest BCUT2D eigenvalue weighted by Gasteiger charge is 2.58. The number of carbonyl (C=O) groups is 1. The summed E-state index contributed by atoms with van der Waals surface area (Å²) in [6, 6.07) is 11.9. The third-order valence-corrected chi connectivity index (χ3v) is 5.57. The minimum absolute atomic E-state index is 0.0906. The van der Waals surface area contributed by atoms with Gasteiger partial charge in [-0.15, -0.1) is 6.42 Å². The van der Waals surface area contributed by atoms with Crippen LogP contribution in [0.15, 0.2) is 52.6 Å². The van der Waals surface area contributed by atoms with Crippen molar-refractivity contribution in [2.45, 2.75) is 53.2 Å². The normalized spacial score (nSPS) is 19.2. The van der Waals surface area contributed by atoms with Crippen molar-refractivity contribution in [3.05, 3.63) is 70.8 Å². The molecule has 1 aliphatic rings. The minimum atomic E-state index is -0.296. The maximum Gasteiger partial charge on any atom is 0.314 e. The number of carbonyl (C=O) groups excluding carboxylic acids is 1. The number of hydroxylamine groups is 1. The maximum atomic E-state index is 12.6. The van der Waals surface area contributed by atoms with Crippen molar-refractivity contribution in [1.29, 1.82) is 0 Å². The van der Waals surface area contributed by atoms with Gasteiger partial charge >= 0.3 is 5.97 Å². The summed E-state index contributed by atoms with van der Waals surface area (Å²) >= 11 is 0. The van der Waals surface area contributed by atoms with Gasteiger partial charge in [0.25, 0.3) is 0 Å². The number of rotatable bonds is 9. The lowest BCUT2D eigenvalue weighted by atomic mass is 10.1. The SMILES string of the molecule is C#Cc1oc(Cc2ccccc2)cc1COC(=O)[C@@H]1C(=CNOC(C)CC)C1(C)C. The molecule has 1 unspecified atom stereocenters. The molecular formula is C25H29NO4. The smallest absolute Gasteiger partial charge is 0.314 e. The molecule has 30 heavy (non-hydrogen) atoms. The van der Waals surface area contributed by atoms with Gasteiger partial charge in [0.05, 0.1) is 12.0 Å². The molecule has 1 heterocycles. The summed E-state index contributed by atoms with van der Waals surface area (Å²) in [4.78, 5) is 18.1. The molecule has 1 N–H and O–H groups in total. The molecule has 0 aliphatic heterocycles. The largest absolute Gasteiger partial charge is 0.460 e. The van der Waals surface area contributed by atoms with E-state index in [4.69, 9.17) is 20.4 Å². The molecule has 158 valence electrons. The van der Waals surface area contributed by atoms with Gasteiger partial charge in [-0.25, -0.2) is 0 Å². The first-order valence-corrected chi connectivity index (χ1v) is 10.3. The Labute approximate surface area is 178 Å². The molecule has 3 rings (SSSR count). The Bertz CT molecular complexity index is 949. The lowest BCUT2D eigenvalue weighted by molar-refractivity contribution is -0.147. The molecule has 0 radical (unpaired) electrons. The van der Waals surface area contributed by atoms with Crippen LogP contribution in [0.5, 0.6) is 0 Å². The van der Waals surface area contributed by atoms with Crippen molar-refractivity contribution >= 4 is 5.97 Å². The molecule has 2 atom stereocenters. The van der Waals surface area contributed by atoms with Crippen molar-refractivity contribution in [2.75, 3.05) is 0 Å². The Morgan fingerprint density at radius 2 is 2.10 bits per heavy atom. The number of hydrogen-bond acceptors (Lipinski definition) is 5. The first-order chi connectivity index (χ1) is 14.4. The predicted octanol–water partition coefficient (Wildman–Crippen LogP) is 4.75. The Morgan fingerprint density at radius 1 is 1.37 bits per heavy atom. The van der Waals surface area contributed by atoms with E-state index in [0.717, 1.165) is 23.3 Å². The maximum absolute atomic E-state index is 12.6. The van der Waals surface area contributed by atoms with Crippen LogP contribution < -0.4 is 5.48 Å². The highest BCUT2D eigenvalue weighted by Crippen LogP contribution is 2.58. The molecule has 0 bridgehead atoms. The lowest BCUT2D eigenvalue weighted by Crippen LogP contribution is -2.16. The Balaban J connectivity index is 1.59. The van der Waals surface area contributed by atoms with E-state index in [2.05, 4.69) is 11.4 Å². The number of ether oxygens (including phenoxy) is 1. The van der Waals surface area contributed by atoms with Gasteiger partial charge in [0.2, 0.25) is 0 Å². The van der Waals surface area contributed by atoms with Gasteiger partial charge in [-0.2, -0.15) is 0 Å². The third kappa shape index (κ3) is 4.95. The fourth-order valence-electron chi connectivity index (χ4n) is 3.40. The van der Waals surface area contributed by atoms with Gasteiger partial charge in [-0.1, -0.05) is 51.1 Å². The Hall–Kier alpha value is -2.97. The first-order valence-electron chi connectivity index (χ1n) is 10.3. The molecule has 1 saturated carbocycles. The zero-order valence-corrected chi connectivity index (χ0v) is 18.0. The first kappa shape index (κ1) is 21.7. The molecule has 1 aromatic carbocycles. The summed E-state index contributed by atoms with van der Waals surface area (Å²) in [7, 11) is 0. The standard InChI is InChI=1S/C25H29NO4/c1-6-17(3)30-26-15-21-23(25(21,4)5)24(27)28-16-19-14-20(29-22(19)7-2)13-18-11-9-8-10-12-18/h2,8-12,14-15,17,23,26H,6,13,16H2,1,3-5H3/t17?,23-/m0/s1. The summed E-state index contributed by atoms with van der Waals surface area (Å²) in [6.07, 6.45) is 8.98. The summed E-state index contributed by atoms with van der Waals surface area (Å²) < 4.78 is 11.3. The van der Waals surface area contributed by atoms with E-state index in [1.54, 1.807) is 6.20 Å². The molecule has 1 aliphatic carbocycles. The monoisotopic (exact) mass is 407 g/mol. The number of furan rings is 1. The molecule has 1 aromatic heterocycles. The average molecular weight is 408 g/mol. The van der Waals surface area contributed by atoms with E-state index >= 15 is 0 Å². The van der Waals surface area contributed by atoms with E-state index < -0.39 is 0 Å². The van der Waals surface area contributed by atoms with Crippen LogP contribution in [-0.2, 0) is 27.4 Å². The number of hydrogen-bond donors (Lipinski definition) is 1. The van der Waals surface area contributed by atoms with Gasteiger partial charge in [0, 0.05) is 23.6 Å². The van der Waals surface area contributed by atoms with E-state index in [-0.39, 0.29) is 30.0 Å². The van der Waals surface area contributed by atoms with Crippen molar-refractivity contribution in [1.82, 2.24) is 5.48 Å². The van der Waals surface area contributed by atoms with E-state index in [1.165, 1.54) is 0 Å². The summed E-state index contributed by atoms with van der Waals surface area (Å²) in [5, 5.41) is 0. The topological polar surface area (TPSA) is 60.7 Å². The van der Waals surface area contributed by atoms with Crippen LogP contribution in [0.3, 0.4) is 0 Å². The fraction of sp³-hybridized carbons (Fsp3) is 0.400. The Kier molecular flexibility index (Phi) is 6.69. The van der Waals surface area contributed by atoms with E-state index in [9.17, 15) is 4.79 Å². The lowest BCUT2D eigenvalue weighted by Gasteiger charge is -2.08. The van der Waals surface area contributed by atoms with Gasteiger partial charge < -0.3 is 9.15 Å². The third-order valence-electron chi connectivity index (χ3n) is 5.57. The number of nitrogens with one attached hydrogen (secondary N) is 1. The van der Waals surface area contributed by atoms with Gasteiger partial charge in [0.1, 0.15) is 12.4 Å². The summed E-state index contributed by atoms with van der Waals surface area (Å²) in [5.74, 6) is 3.13. The van der Waals surface area contributed by atoms with Crippen LogP contribution in [0.4, 0.5) is 0 Å². The van der Waals surface area contributed by atoms with Crippen molar-refractivity contribution < 1.29 is 18.8 Å². The zero-order chi connectivity index (χ0) is 21.7. The Morgan fingerprint density at radius 3 is 2.77 bits per heavy atom. The summed E-state index contributed by atoms with van der Waals surface area (Å²) in [5.41, 5.74) is 5.38. The average Bonchev–Trinajstić information content (AvgIpc) is 3.07. The van der Waals surface area contributed by atoms with Crippen molar-refractivity contribution in [2.24, 2.45) is 11.3 Å². The highest BCUT2D eigenvalue weighted by atomic mass is 16.7. The van der Waals surface area contributed by atoms with Crippen molar-refractivity contribution in [3.8, 4) is 12.3 Å². The molecule has 2 aromatic rings. The second-order valence-corrected chi connectivity index (χ2v) is 8.19. The van der Waals surface area contributed by atoms with Gasteiger partial charge in [-0.3, -0.25) is 15.1 Å². The second kappa shape index (κ2) is 9.23. The molecule has 0 spiro atoms. The number of terminal acetylenes is 1. The van der Waals surface area contributed by atoms with Crippen LogP contribution in [0, 0.1) is 23.7 Å². The van der Waals surface area contributed by atoms with Crippen LogP contribution >= 0.6 is 0 Å². The molecule has 5 heteroatoms. The van der Waals surface area contributed by atoms with Crippen LogP contribution in [0.25, 0.3) is 0 Å². The highest BCUT2D eigenvalue weighted by molar-refractivity contribution is 5.83. The summed E-state index contributed by atoms with van der Waals surface area (Å²) in [6.45, 7) is 8.14. The number of esters is 1. The van der Waals surface area contributed by atoms with E-state index in [1.807, 2.05) is 64.1 Å². The quantitative estimate of drug-likeness (QED) is 0.369. The van der Waals surface area contributed by atoms with Gasteiger partial charge in [0.15, 0.2) is 5.76 Å². The number of benzene rings is 1. The molecular weight excluding hydrogens is 378 g/mol. The van der Waals surface area contributed by atoms with Crippen LogP contribution in [-0.4, -0.2) is 12.1 Å². The van der Waals surface area contributed by atoms with Crippen LogP contribution in [0.1, 0.15) is 56.8 Å². The molecule has 5 nitrogen and oxygen atoms in total. The van der Waals surface area contributed by atoms with Crippen LogP contribution in [0.2, 0.25) is 0 Å². The zero-order valence-electron chi connectivity index (χ0n) is 18.0. The van der Waals surface area contributed by atoms with E-state index in [0.29, 0.717) is 17.7 Å². The minimum Gasteiger partial charge on any atom is -0.460 e. The predicted molar refractivity (Wildman–Crippen MR) is 115 cm³/mol. The molecule has 0 amide bonds. The molecule has 1 fully saturated rings. The molecule has 0 saturated heterocycles. The van der Waals surface area contributed by atoms with Crippen molar-refractivity contribution in [3.63, 3.8) is 0 Å².